The highest BCUT2D eigenvalue weighted by Crippen LogP contribution is 2.28. The Labute approximate surface area is 134 Å². The molecule has 0 aliphatic heterocycles. The van der Waals surface area contributed by atoms with Crippen molar-refractivity contribution in [2.24, 2.45) is 0 Å². The number of carbonyl (C=O) groups is 1. The molecule has 0 amide bonds. The molecule has 0 atom stereocenters. The zero-order valence-corrected chi connectivity index (χ0v) is 12.8. The van der Waals surface area contributed by atoms with E-state index in [-0.39, 0.29) is 5.97 Å². The Morgan fingerprint density at radius 3 is 1.74 bits per heavy atom. The quantitative estimate of drug-likeness (QED) is 0.684. The Balaban J connectivity index is 2.13. The van der Waals surface area contributed by atoms with Crippen LogP contribution in [0, 0.1) is 0 Å². The number of carbonyl (C=O) groups excluding carboxylic acids is 1. The lowest BCUT2D eigenvalue weighted by Gasteiger charge is -2.10. The average molecular weight is 304 g/mol. The molecule has 0 fully saturated rings. The second-order valence-corrected chi connectivity index (χ2v) is 4.99. The molecular weight excluding hydrogens is 288 g/mol. The summed E-state index contributed by atoms with van der Waals surface area (Å²) in [5.41, 5.74) is 4.44. The van der Waals surface area contributed by atoms with Crippen LogP contribution in [-0.2, 0) is 4.74 Å². The van der Waals surface area contributed by atoms with Gasteiger partial charge in [0.05, 0.1) is 12.2 Å². The zero-order chi connectivity index (χ0) is 16.1. The molecule has 0 saturated carbocycles. The molecule has 114 valence electrons. The van der Waals surface area contributed by atoms with Gasteiger partial charge in [0.25, 0.3) is 0 Å². The fourth-order valence-corrected chi connectivity index (χ4v) is 2.38. The van der Waals surface area contributed by atoms with E-state index < -0.39 is 0 Å². The van der Waals surface area contributed by atoms with E-state index in [4.69, 9.17) is 4.74 Å². The van der Waals surface area contributed by atoms with Crippen LogP contribution in [-0.4, -0.2) is 22.5 Å². The van der Waals surface area contributed by atoms with Crippen LogP contribution in [0.2, 0.25) is 0 Å². The van der Waals surface area contributed by atoms with Gasteiger partial charge in [-0.25, -0.2) is 4.79 Å². The van der Waals surface area contributed by atoms with Gasteiger partial charge in [0, 0.05) is 24.8 Å². The lowest BCUT2D eigenvalue weighted by molar-refractivity contribution is 0.0526. The van der Waals surface area contributed by atoms with Crippen LogP contribution in [0.3, 0.4) is 0 Å². The summed E-state index contributed by atoms with van der Waals surface area (Å²) in [6, 6.07) is 13.4. The van der Waals surface area contributed by atoms with E-state index in [1.165, 1.54) is 0 Å². The monoisotopic (exact) mass is 304 g/mol. The van der Waals surface area contributed by atoms with Crippen molar-refractivity contribution in [3.63, 3.8) is 0 Å². The standard InChI is InChI=1S/C19H16N2O2/c1-2-23-19(22)18-12-16(14-3-7-20-8-4-14)11-17(13-18)15-5-9-21-10-6-15/h3-13H,2H2,1H3. The Hall–Kier alpha value is -3.01. The molecule has 0 N–H and O–H groups in total. The van der Waals surface area contributed by atoms with Crippen LogP contribution in [0.25, 0.3) is 22.3 Å². The zero-order valence-electron chi connectivity index (χ0n) is 12.8. The number of pyridine rings is 2. The van der Waals surface area contributed by atoms with Gasteiger partial charge in [0.15, 0.2) is 0 Å². The highest BCUT2D eigenvalue weighted by Gasteiger charge is 2.11. The second-order valence-electron chi connectivity index (χ2n) is 4.99. The van der Waals surface area contributed by atoms with E-state index >= 15 is 0 Å². The smallest absolute Gasteiger partial charge is 0.338 e. The Kier molecular flexibility index (Phi) is 4.43. The van der Waals surface area contributed by atoms with E-state index in [0.717, 1.165) is 22.3 Å². The molecule has 0 spiro atoms. The van der Waals surface area contributed by atoms with E-state index in [1.807, 2.05) is 42.5 Å². The molecule has 2 heterocycles. The molecule has 0 unspecified atom stereocenters. The number of rotatable bonds is 4. The van der Waals surface area contributed by atoms with Crippen LogP contribution in [0.4, 0.5) is 0 Å². The highest BCUT2D eigenvalue weighted by molar-refractivity contribution is 5.93. The van der Waals surface area contributed by atoms with Gasteiger partial charge in [-0.15, -0.1) is 0 Å². The Morgan fingerprint density at radius 1 is 0.826 bits per heavy atom. The summed E-state index contributed by atoms with van der Waals surface area (Å²) in [7, 11) is 0. The summed E-state index contributed by atoms with van der Waals surface area (Å²) in [4.78, 5) is 20.2. The molecule has 0 saturated heterocycles. The molecule has 0 aliphatic carbocycles. The lowest BCUT2D eigenvalue weighted by atomic mass is 9.97. The number of benzene rings is 1. The van der Waals surface area contributed by atoms with E-state index in [0.29, 0.717) is 12.2 Å². The van der Waals surface area contributed by atoms with Crippen LogP contribution in [0.1, 0.15) is 17.3 Å². The first-order chi connectivity index (χ1) is 11.3. The molecule has 3 aromatic rings. The van der Waals surface area contributed by atoms with Crippen molar-refractivity contribution in [1.82, 2.24) is 9.97 Å². The molecular formula is C19H16N2O2. The van der Waals surface area contributed by atoms with Gasteiger partial charge in [-0.2, -0.15) is 0 Å². The number of hydrogen-bond donors (Lipinski definition) is 0. The summed E-state index contributed by atoms with van der Waals surface area (Å²) in [5.74, 6) is -0.321. The maximum Gasteiger partial charge on any atom is 0.338 e. The largest absolute Gasteiger partial charge is 0.462 e. The predicted octanol–water partition coefficient (Wildman–Crippen LogP) is 3.99. The van der Waals surface area contributed by atoms with Gasteiger partial charge in [-0.05, 0) is 71.6 Å². The highest BCUT2D eigenvalue weighted by atomic mass is 16.5. The maximum atomic E-state index is 12.2. The molecule has 2 aromatic heterocycles. The fraction of sp³-hybridized carbons (Fsp3) is 0.105. The van der Waals surface area contributed by atoms with E-state index in [2.05, 4.69) is 9.97 Å². The first-order valence-corrected chi connectivity index (χ1v) is 7.41. The molecule has 1 aromatic carbocycles. The summed E-state index contributed by atoms with van der Waals surface area (Å²) in [5, 5.41) is 0. The Morgan fingerprint density at radius 2 is 1.30 bits per heavy atom. The molecule has 0 bridgehead atoms. The van der Waals surface area contributed by atoms with Crippen molar-refractivity contribution in [3.05, 3.63) is 72.8 Å². The summed E-state index contributed by atoms with van der Waals surface area (Å²) >= 11 is 0. The van der Waals surface area contributed by atoms with Gasteiger partial charge in [0.1, 0.15) is 0 Å². The number of esters is 1. The SMILES string of the molecule is CCOC(=O)c1cc(-c2ccncc2)cc(-c2ccncc2)c1. The molecule has 3 rings (SSSR count). The topological polar surface area (TPSA) is 52.1 Å². The molecule has 4 nitrogen and oxygen atoms in total. The third-order valence-electron chi connectivity index (χ3n) is 3.47. The molecule has 23 heavy (non-hydrogen) atoms. The van der Waals surface area contributed by atoms with Crippen LogP contribution >= 0.6 is 0 Å². The van der Waals surface area contributed by atoms with Crippen LogP contribution in [0.5, 0.6) is 0 Å². The number of aromatic nitrogens is 2. The predicted molar refractivity (Wildman–Crippen MR) is 88.9 cm³/mol. The summed E-state index contributed by atoms with van der Waals surface area (Å²) in [6.07, 6.45) is 6.94. The Bertz CT molecular complexity index is 744. The third-order valence-corrected chi connectivity index (χ3v) is 3.47. The van der Waals surface area contributed by atoms with Gasteiger partial charge in [0.2, 0.25) is 0 Å². The number of nitrogens with zero attached hydrogens (tertiary/aromatic N) is 2. The molecule has 0 radical (unpaired) electrons. The lowest BCUT2D eigenvalue weighted by Crippen LogP contribution is -2.05. The minimum Gasteiger partial charge on any atom is -0.462 e. The van der Waals surface area contributed by atoms with E-state index in [1.54, 1.807) is 31.7 Å². The molecule has 0 aliphatic rings. The maximum absolute atomic E-state index is 12.2. The van der Waals surface area contributed by atoms with Crippen LogP contribution < -0.4 is 0 Å². The number of hydrogen-bond acceptors (Lipinski definition) is 4. The summed E-state index contributed by atoms with van der Waals surface area (Å²) in [6.45, 7) is 2.15. The number of ether oxygens (including phenoxy) is 1. The van der Waals surface area contributed by atoms with Crippen molar-refractivity contribution in [3.8, 4) is 22.3 Å². The van der Waals surface area contributed by atoms with Gasteiger partial charge in [-0.3, -0.25) is 9.97 Å². The van der Waals surface area contributed by atoms with Crippen molar-refractivity contribution >= 4 is 5.97 Å². The first-order valence-electron chi connectivity index (χ1n) is 7.41. The molecule has 4 heteroatoms. The van der Waals surface area contributed by atoms with Crippen molar-refractivity contribution < 1.29 is 9.53 Å². The van der Waals surface area contributed by atoms with Crippen LogP contribution in [0.15, 0.2) is 67.3 Å². The normalized spacial score (nSPS) is 10.3. The average Bonchev–Trinajstić information content (AvgIpc) is 2.63. The van der Waals surface area contributed by atoms with Gasteiger partial charge < -0.3 is 4.74 Å². The minimum atomic E-state index is -0.321. The first kappa shape index (κ1) is 14.9. The van der Waals surface area contributed by atoms with E-state index in [9.17, 15) is 4.79 Å². The van der Waals surface area contributed by atoms with Crippen molar-refractivity contribution in [2.75, 3.05) is 6.61 Å². The third kappa shape index (κ3) is 3.43. The van der Waals surface area contributed by atoms with Crippen molar-refractivity contribution in [1.29, 1.82) is 0 Å². The summed E-state index contributed by atoms with van der Waals surface area (Å²) < 4.78 is 5.15. The van der Waals surface area contributed by atoms with Gasteiger partial charge >= 0.3 is 5.97 Å². The van der Waals surface area contributed by atoms with Gasteiger partial charge in [-0.1, -0.05) is 0 Å². The fourth-order valence-electron chi connectivity index (χ4n) is 2.38. The van der Waals surface area contributed by atoms with Crippen molar-refractivity contribution in [2.45, 2.75) is 6.92 Å². The second kappa shape index (κ2) is 6.83. The minimum absolute atomic E-state index is 0.321.